The van der Waals surface area contributed by atoms with Gasteiger partial charge in [-0.2, -0.15) is 0 Å². The van der Waals surface area contributed by atoms with Gasteiger partial charge in [-0.15, -0.1) is 0 Å². The molecule has 1 aliphatic rings. The fraction of sp³-hybridized carbons (Fsp3) is 0.333. The standard InChI is InChI=1S/C15H14BrClO3/c1-9-3-4-12(20-9)15(16)10-7-13-14(8-11(10)17)19-6-2-5-18-13/h3-4,7-8,15H,2,5-6H2,1H3. The SMILES string of the molecule is Cc1ccc(C(Br)c2cc3c(cc2Cl)OCCCO3)o1. The highest BCUT2D eigenvalue weighted by Gasteiger charge is 2.21. The van der Waals surface area contributed by atoms with Crippen molar-refractivity contribution in [2.75, 3.05) is 13.2 Å². The van der Waals surface area contributed by atoms with E-state index in [1.807, 2.05) is 31.2 Å². The molecule has 0 spiro atoms. The van der Waals surface area contributed by atoms with E-state index in [2.05, 4.69) is 15.9 Å². The topological polar surface area (TPSA) is 31.6 Å². The van der Waals surface area contributed by atoms with Gasteiger partial charge in [-0.3, -0.25) is 0 Å². The molecule has 5 heteroatoms. The molecule has 106 valence electrons. The van der Waals surface area contributed by atoms with Crippen LogP contribution in [-0.2, 0) is 0 Å². The number of fused-ring (bicyclic) bond motifs is 1. The van der Waals surface area contributed by atoms with Crippen LogP contribution in [0.4, 0.5) is 0 Å². The van der Waals surface area contributed by atoms with Gasteiger partial charge in [-0.25, -0.2) is 0 Å². The summed E-state index contributed by atoms with van der Waals surface area (Å²) in [5, 5.41) is 0.630. The molecular weight excluding hydrogens is 344 g/mol. The van der Waals surface area contributed by atoms with Crippen molar-refractivity contribution < 1.29 is 13.9 Å². The van der Waals surface area contributed by atoms with Gasteiger partial charge in [0.25, 0.3) is 0 Å². The van der Waals surface area contributed by atoms with E-state index in [1.165, 1.54) is 0 Å². The molecule has 2 heterocycles. The van der Waals surface area contributed by atoms with Crippen molar-refractivity contribution in [3.05, 3.63) is 46.4 Å². The van der Waals surface area contributed by atoms with Crippen molar-refractivity contribution in [3.63, 3.8) is 0 Å². The molecule has 1 atom stereocenters. The smallest absolute Gasteiger partial charge is 0.162 e. The second kappa shape index (κ2) is 5.70. The number of alkyl halides is 1. The Labute approximate surface area is 130 Å². The Kier molecular flexibility index (Phi) is 3.94. The number of aryl methyl sites for hydroxylation is 1. The lowest BCUT2D eigenvalue weighted by Gasteiger charge is -2.14. The number of benzene rings is 1. The Bertz CT molecular complexity index is 624. The fourth-order valence-corrected chi connectivity index (χ4v) is 3.16. The van der Waals surface area contributed by atoms with Gasteiger partial charge in [0.2, 0.25) is 0 Å². The van der Waals surface area contributed by atoms with Gasteiger partial charge in [0.05, 0.1) is 18.0 Å². The summed E-state index contributed by atoms with van der Waals surface area (Å²) in [5.41, 5.74) is 0.908. The number of hydrogen-bond donors (Lipinski definition) is 0. The molecule has 0 aliphatic carbocycles. The van der Waals surface area contributed by atoms with Crippen molar-refractivity contribution in [1.82, 2.24) is 0 Å². The highest BCUT2D eigenvalue weighted by atomic mass is 79.9. The van der Waals surface area contributed by atoms with Crippen LogP contribution in [0.2, 0.25) is 5.02 Å². The van der Waals surface area contributed by atoms with Crippen LogP contribution in [0.5, 0.6) is 11.5 Å². The first kappa shape index (κ1) is 13.8. The van der Waals surface area contributed by atoms with Gasteiger partial charge < -0.3 is 13.9 Å². The second-order valence-corrected chi connectivity index (χ2v) is 6.00. The van der Waals surface area contributed by atoms with E-state index in [-0.39, 0.29) is 4.83 Å². The Morgan fingerprint density at radius 3 is 2.50 bits per heavy atom. The molecule has 0 fully saturated rings. The highest BCUT2D eigenvalue weighted by Crippen LogP contribution is 2.42. The van der Waals surface area contributed by atoms with Crippen LogP contribution in [0.15, 0.2) is 28.7 Å². The van der Waals surface area contributed by atoms with Crippen LogP contribution in [-0.4, -0.2) is 13.2 Å². The molecule has 2 aromatic rings. The zero-order valence-corrected chi connectivity index (χ0v) is 13.3. The molecule has 0 N–H and O–H groups in total. The molecule has 0 saturated carbocycles. The number of ether oxygens (including phenoxy) is 2. The van der Waals surface area contributed by atoms with E-state index in [4.69, 9.17) is 25.5 Å². The minimum absolute atomic E-state index is 0.110. The van der Waals surface area contributed by atoms with E-state index in [0.717, 1.165) is 29.3 Å². The van der Waals surface area contributed by atoms with Crippen LogP contribution < -0.4 is 9.47 Å². The lowest BCUT2D eigenvalue weighted by molar-refractivity contribution is 0.297. The van der Waals surface area contributed by atoms with E-state index in [0.29, 0.717) is 24.0 Å². The number of furan rings is 1. The summed E-state index contributed by atoms with van der Waals surface area (Å²) in [6.45, 7) is 3.22. The number of rotatable bonds is 2. The first-order chi connectivity index (χ1) is 9.65. The summed E-state index contributed by atoms with van der Waals surface area (Å²) in [6.07, 6.45) is 0.872. The molecule has 0 bridgehead atoms. The monoisotopic (exact) mass is 356 g/mol. The number of hydrogen-bond acceptors (Lipinski definition) is 3. The maximum atomic E-state index is 6.36. The molecule has 20 heavy (non-hydrogen) atoms. The van der Waals surface area contributed by atoms with E-state index >= 15 is 0 Å². The quantitative estimate of drug-likeness (QED) is 0.717. The van der Waals surface area contributed by atoms with Crippen LogP contribution in [0.1, 0.15) is 28.3 Å². The highest BCUT2D eigenvalue weighted by molar-refractivity contribution is 9.09. The first-order valence-corrected chi connectivity index (χ1v) is 7.74. The third-order valence-electron chi connectivity index (χ3n) is 3.15. The molecule has 0 radical (unpaired) electrons. The van der Waals surface area contributed by atoms with Gasteiger partial charge in [-0.05, 0) is 30.7 Å². The van der Waals surface area contributed by atoms with Crippen molar-refractivity contribution in [2.45, 2.75) is 18.2 Å². The van der Waals surface area contributed by atoms with Crippen LogP contribution in [0, 0.1) is 6.92 Å². The Morgan fingerprint density at radius 2 is 1.85 bits per heavy atom. The Balaban J connectivity index is 1.99. The molecule has 1 aromatic heterocycles. The maximum absolute atomic E-state index is 6.36. The first-order valence-electron chi connectivity index (χ1n) is 6.44. The minimum atomic E-state index is -0.110. The average Bonchev–Trinajstić information content (AvgIpc) is 2.73. The third-order valence-corrected chi connectivity index (χ3v) is 4.42. The molecule has 1 aromatic carbocycles. The van der Waals surface area contributed by atoms with Crippen LogP contribution >= 0.6 is 27.5 Å². The molecule has 3 rings (SSSR count). The molecular formula is C15H14BrClO3. The minimum Gasteiger partial charge on any atom is -0.490 e. The Hall–Kier alpha value is -1.13. The summed E-state index contributed by atoms with van der Waals surface area (Å²) in [7, 11) is 0. The maximum Gasteiger partial charge on any atom is 0.162 e. The lowest BCUT2D eigenvalue weighted by atomic mass is 10.1. The zero-order chi connectivity index (χ0) is 14.1. The normalized spacial score (nSPS) is 15.8. The van der Waals surface area contributed by atoms with Crippen molar-refractivity contribution in [2.24, 2.45) is 0 Å². The van der Waals surface area contributed by atoms with E-state index < -0.39 is 0 Å². The van der Waals surface area contributed by atoms with E-state index in [1.54, 1.807) is 0 Å². The van der Waals surface area contributed by atoms with Crippen molar-refractivity contribution in [3.8, 4) is 11.5 Å². The van der Waals surface area contributed by atoms with Crippen molar-refractivity contribution in [1.29, 1.82) is 0 Å². The fourth-order valence-electron chi connectivity index (χ4n) is 2.14. The molecule has 1 aliphatic heterocycles. The average molecular weight is 358 g/mol. The predicted octanol–water partition coefficient (Wildman–Crippen LogP) is 4.89. The zero-order valence-electron chi connectivity index (χ0n) is 11.0. The predicted molar refractivity (Wildman–Crippen MR) is 81.3 cm³/mol. The molecule has 3 nitrogen and oxygen atoms in total. The summed E-state index contributed by atoms with van der Waals surface area (Å²) >= 11 is 9.99. The van der Waals surface area contributed by atoms with Crippen LogP contribution in [0.25, 0.3) is 0 Å². The van der Waals surface area contributed by atoms with Crippen molar-refractivity contribution >= 4 is 27.5 Å². The van der Waals surface area contributed by atoms with Gasteiger partial charge in [-0.1, -0.05) is 27.5 Å². The summed E-state index contributed by atoms with van der Waals surface area (Å²) in [6, 6.07) is 7.59. The molecule has 0 saturated heterocycles. The number of halogens is 2. The second-order valence-electron chi connectivity index (χ2n) is 4.68. The van der Waals surface area contributed by atoms with Gasteiger partial charge in [0.15, 0.2) is 11.5 Å². The summed E-state index contributed by atoms with van der Waals surface area (Å²) in [5.74, 6) is 3.12. The van der Waals surface area contributed by atoms with Crippen LogP contribution in [0.3, 0.4) is 0 Å². The summed E-state index contributed by atoms with van der Waals surface area (Å²) < 4.78 is 17.0. The summed E-state index contributed by atoms with van der Waals surface area (Å²) in [4.78, 5) is -0.110. The van der Waals surface area contributed by atoms with Gasteiger partial charge in [0, 0.05) is 17.5 Å². The Morgan fingerprint density at radius 1 is 1.15 bits per heavy atom. The van der Waals surface area contributed by atoms with Gasteiger partial charge >= 0.3 is 0 Å². The lowest BCUT2D eigenvalue weighted by Crippen LogP contribution is -1.97. The largest absolute Gasteiger partial charge is 0.490 e. The molecule has 0 amide bonds. The van der Waals surface area contributed by atoms with Gasteiger partial charge in [0.1, 0.15) is 11.5 Å². The molecule has 1 unspecified atom stereocenters. The third kappa shape index (κ3) is 2.67. The van der Waals surface area contributed by atoms with E-state index in [9.17, 15) is 0 Å².